The molecule has 0 saturated heterocycles. The van der Waals surface area contributed by atoms with Gasteiger partial charge >= 0.3 is 6.18 Å². The van der Waals surface area contributed by atoms with Crippen LogP contribution in [-0.2, 0) is 6.18 Å². The second kappa shape index (κ2) is 7.27. The number of hydrogen-bond acceptors (Lipinski definition) is 4. The molecular weight excluding hydrogens is 263 g/mol. The van der Waals surface area contributed by atoms with Gasteiger partial charge in [0.05, 0.1) is 11.3 Å². The first-order valence-electron chi connectivity index (χ1n) is 4.84. The maximum atomic E-state index is 12.6. The standard InChI is InChI=1S/C10H8F3N3O.CH4O/c1-2-16(15-14)8-4-3-7(6-17)9(5-8)10(11,12)13;1-2/h2-6,14H,1H2;2H,1H3. The van der Waals surface area contributed by atoms with Gasteiger partial charge in [0.15, 0.2) is 6.29 Å². The van der Waals surface area contributed by atoms with Gasteiger partial charge in [0.25, 0.3) is 0 Å². The zero-order valence-corrected chi connectivity index (χ0v) is 9.98. The molecule has 0 fully saturated rings. The Balaban J connectivity index is 0.00000154. The van der Waals surface area contributed by atoms with Crippen LogP contribution in [0.5, 0.6) is 0 Å². The highest BCUT2D eigenvalue weighted by atomic mass is 19.4. The smallest absolute Gasteiger partial charge is 0.400 e. The summed E-state index contributed by atoms with van der Waals surface area (Å²) in [6, 6.07) is 3.01. The van der Waals surface area contributed by atoms with E-state index in [0.717, 1.165) is 30.5 Å². The normalized spacial score (nSPS) is 9.95. The van der Waals surface area contributed by atoms with Crippen LogP contribution in [0.3, 0.4) is 0 Å². The number of alkyl halides is 3. The molecule has 2 N–H and O–H groups in total. The van der Waals surface area contributed by atoms with Crippen LogP contribution in [0.25, 0.3) is 0 Å². The summed E-state index contributed by atoms with van der Waals surface area (Å²) < 4.78 is 37.8. The lowest BCUT2D eigenvalue weighted by Gasteiger charge is -2.15. The largest absolute Gasteiger partial charge is 0.417 e. The molecule has 104 valence electrons. The summed E-state index contributed by atoms with van der Waals surface area (Å²) in [5.41, 5.74) is 5.23. The van der Waals surface area contributed by atoms with Gasteiger partial charge in [-0.25, -0.2) is 5.01 Å². The fraction of sp³-hybridized carbons (Fsp3) is 0.182. The fourth-order valence-corrected chi connectivity index (χ4v) is 1.24. The minimum Gasteiger partial charge on any atom is -0.400 e. The molecule has 0 aliphatic heterocycles. The lowest BCUT2D eigenvalue weighted by atomic mass is 10.1. The molecular formula is C11H12F3N3O2. The number of aldehydes is 1. The first-order valence-corrected chi connectivity index (χ1v) is 4.84. The molecule has 0 amide bonds. The monoisotopic (exact) mass is 275 g/mol. The average Bonchev–Trinajstić information content (AvgIpc) is 2.41. The quantitative estimate of drug-likeness (QED) is 0.503. The molecule has 5 nitrogen and oxygen atoms in total. The molecule has 8 heteroatoms. The summed E-state index contributed by atoms with van der Waals surface area (Å²) >= 11 is 0. The minimum atomic E-state index is -4.64. The summed E-state index contributed by atoms with van der Waals surface area (Å²) in [6.45, 7) is 3.30. The third-order valence-electron chi connectivity index (χ3n) is 2.01. The highest BCUT2D eigenvalue weighted by molar-refractivity contribution is 5.79. The van der Waals surface area contributed by atoms with E-state index in [1.54, 1.807) is 0 Å². The van der Waals surface area contributed by atoms with Crippen LogP contribution in [0.2, 0.25) is 0 Å². The van der Waals surface area contributed by atoms with E-state index >= 15 is 0 Å². The molecule has 0 aliphatic carbocycles. The molecule has 0 saturated carbocycles. The number of hydrogen-bond donors (Lipinski definition) is 2. The van der Waals surface area contributed by atoms with Gasteiger partial charge in [0, 0.05) is 18.9 Å². The van der Waals surface area contributed by atoms with E-state index < -0.39 is 17.3 Å². The predicted octanol–water partition coefficient (Wildman–Crippen LogP) is 3.02. The number of carbonyl (C=O) groups is 1. The average molecular weight is 275 g/mol. The van der Waals surface area contributed by atoms with Gasteiger partial charge in [-0.1, -0.05) is 11.8 Å². The van der Waals surface area contributed by atoms with Crippen molar-refractivity contribution in [2.75, 3.05) is 12.1 Å². The first kappa shape index (κ1) is 16.8. The third-order valence-corrected chi connectivity index (χ3v) is 2.01. The van der Waals surface area contributed by atoms with Crippen molar-refractivity contribution >= 4 is 12.0 Å². The van der Waals surface area contributed by atoms with Gasteiger partial charge in [-0.05, 0) is 18.2 Å². The van der Waals surface area contributed by atoms with Crippen LogP contribution >= 0.6 is 0 Å². The van der Waals surface area contributed by atoms with Gasteiger partial charge < -0.3 is 5.11 Å². The molecule has 0 heterocycles. The van der Waals surface area contributed by atoms with Crippen LogP contribution in [0.4, 0.5) is 18.9 Å². The lowest BCUT2D eigenvalue weighted by molar-refractivity contribution is -0.137. The zero-order chi connectivity index (χ0) is 15.1. The van der Waals surface area contributed by atoms with Crippen molar-refractivity contribution < 1.29 is 23.1 Å². The topological polar surface area (TPSA) is 76.8 Å². The molecule has 1 aromatic rings. The van der Waals surface area contributed by atoms with Crippen LogP contribution in [-0.4, -0.2) is 18.5 Å². The number of aliphatic hydroxyl groups excluding tert-OH is 1. The van der Waals surface area contributed by atoms with Crippen molar-refractivity contribution in [3.05, 3.63) is 42.1 Å². The van der Waals surface area contributed by atoms with E-state index in [1.807, 2.05) is 0 Å². The fourth-order valence-electron chi connectivity index (χ4n) is 1.24. The molecule has 0 radical (unpaired) electrons. The number of aliphatic hydroxyl groups is 1. The van der Waals surface area contributed by atoms with Gasteiger partial charge in [0.1, 0.15) is 0 Å². The Morgan fingerprint density at radius 2 is 2.00 bits per heavy atom. The molecule has 0 aromatic heterocycles. The Hall–Kier alpha value is -2.22. The summed E-state index contributed by atoms with van der Waals surface area (Å²) in [5, 5.41) is 10.8. The predicted molar refractivity (Wildman–Crippen MR) is 62.8 cm³/mol. The maximum Gasteiger partial charge on any atom is 0.417 e. The summed E-state index contributed by atoms with van der Waals surface area (Å²) in [5.74, 6) is 0. The number of anilines is 1. The van der Waals surface area contributed by atoms with E-state index in [2.05, 4.69) is 11.8 Å². The molecule has 0 aliphatic rings. The second-order valence-electron chi connectivity index (χ2n) is 3.01. The van der Waals surface area contributed by atoms with Crippen molar-refractivity contribution in [3.63, 3.8) is 0 Å². The van der Waals surface area contributed by atoms with Crippen LogP contribution < -0.4 is 5.01 Å². The minimum absolute atomic E-state index is 0.00734. The SMILES string of the molecule is C=CN(N=N)c1ccc(C=O)c(C(F)(F)F)c1.CO. The van der Waals surface area contributed by atoms with Crippen LogP contribution in [0.1, 0.15) is 15.9 Å². The van der Waals surface area contributed by atoms with E-state index in [-0.39, 0.29) is 12.0 Å². The van der Waals surface area contributed by atoms with Gasteiger partial charge in [-0.3, -0.25) is 4.79 Å². The van der Waals surface area contributed by atoms with Crippen molar-refractivity contribution in [1.82, 2.24) is 0 Å². The van der Waals surface area contributed by atoms with E-state index in [0.29, 0.717) is 0 Å². The molecule has 1 rings (SSSR count). The van der Waals surface area contributed by atoms with Crippen LogP contribution in [0.15, 0.2) is 36.2 Å². The zero-order valence-electron chi connectivity index (χ0n) is 9.98. The van der Waals surface area contributed by atoms with E-state index in [1.165, 1.54) is 6.07 Å². The number of nitrogens with one attached hydrogen (secondary N) is 1. The summed E-state index contributed by atoms with van der Waals surface area (Å²) in [7, 11) is 1.00. The number of halogens is 3. The highest BCUT2D eigenvalue weighted by Gasteiger charge is 2.33. The number of carbonyl (C=O) groups excluding carboxylic acids is 1. The van der Waals surface area contributed by atoms with Crippen molar-refractivity contribution in [2.24, 2.45) is 5.22 Å². The Bertz CT molecular complexity index is 453. The summed E-state index contributed by atoms with van der Waals surface area (Å²) in [4.78, 5) is 10.5. The Morgan fingerprint density at radius 1 is 1.42 bits per heavy atom. The Kier molecular flexibility index (Phi) is 6.42. The van der Waals surface area contributed by atoms with Gasteiger partial charge in [-0.2, -0.15) is 18.7 Å². The molecule has 0 spiro atoms. The molecule has 0 bridgehead atoms. The molecule has 1 aromatic carbocycles. The van der Waals surface area contributed by atoms with Gasteiger partial charge in [0.2, 0.25) is 0 Å². The van der Waals surface area contributed by atoms with Crippen molar-refractivity contribution in [2.45, 2.75) is 6.18 Å². The molecule has 19 heavy (non-hydrogen) atoms. The Morgan fingerprint density at radius 3 is 2.37 bits per heavy atom. The third kappa shape index (κ3) is 4.18. The number of nitrogens with zero attached hydrogens (tertiary/aromatic N) is 2. The molecule has 0 unspecified atom stereocenters. The second-order valence-corrected chi connectivity index (χ2v) is 3.01. The van der Waals surface area contributed by atoms with Crippen LogP contribution in [0, 0.1) is 5.53 Å². The highest BCUT2D eigenvalue weighted by Crippen LogP contribution is 2.34. The lowest BCUT2D eigenvalue weighted by Crippen LogP contribution is -2.12. The van der Waals surface area contributed by atoms with Crippen molar-refractivity contribution in [3.8, 4) is 0 Å². The van der Waals surface area contributed by atoms with E-state index in [4.69, 9.17) is 10.6 Å². The first-order chi connectivity index (χ1) is 8.93. The van der Waals surface area contributed by atoms with Gasteiger partial charge in [-0.15, -0.1) is 0 Å². The Labute approximate surface area is 107 Å². The number of rotatable bonds is 4. The molecule has 0 atom stereocenters. The van der Waals surface area contributed by atoms with Crippen molar-refractivity contribution in [1.29, 1.82) is 5.53 Å². The number of benzene rings is 1. The maximum absolute atomic E-state index is 12.6. The van der Waals surface area contributed by atoms with E-state index in [9.17, 15) is 18.0 Å². The summed E-state index contributed by atoms with van der Waals surface area (Å²) in [6.07, 6.45) is -3.42.